The number of ketones is 1. The van der Waals surface area contributed by atoms with Gasteiger partial charge in [-0.2, -0.15) is 0 Å². The monoisotopic (exact) mass is 333 g/mol. The van der Waals surface area contributed by atoms with E-state index in [9.17, 15) is 14.7 Å². The zero-order chi connectivity index (χ0) is 17.4. The van der Waals surface area contributed by atoms with Gasteiger partial charge in [0.05, 0.1) is 12.8 Å². The second-order valence-electron chi connectivity index (χ2n) is 5.88. The number of aliphatic hydroxyl groups excluding tert-OH is 1. The van der Waals surface area contributed by atoms with Crippen molar-refractivity contribution in [3.05, 3.63) is 83.3 Å². The molecule has 5 heteroatoms. The molecule has 1 atom stereocenters. The average molecular weight is 333 g/mol. The Labute approximate surface area is 143 Å². The average Bonchev–Trinajstić information content (AvgIpc) is 3.27. The number of aliphatic hydroxyl groups is 1. The Morgan fingerprint density at radius 2 is 1.76 bits per heavy atom. The van der Waals surface area contributed by atoms with Gasteiger partial charge < -0.3 is 14.8 Å². The molecule has 5 nitrogen and oxygen atoms in total. The Bertz CT molecular complexity index is 960. The summed E-state index contributed by atoms with van der Waals surface area (Å²) in [7, 11) is 0. The van der Waals surface area contributed by atoms with E-state index in [1.165, 1.54) is 6.26 Å². The van der Waals surface area contributed by atoms with Crippen LogP contribution in [0.3, 0.4) is 0 Å². The van der Waals surface area contributed by atoms with Crippen LogP contribution >= 0.6 is 0 Å². The lowest BCUT2D eigenvalue weighted by Crippen LogP contribution is -2.28. The van der Waals surface area contributed by atoms with E-state index in [1.54, 1.807) is 36.4 Å². The normalized spacial score (nSPS) is 13.2. The van der Waals surface area contributed by atoms with Gasteiger partial charge >= 0.3 is 0 Å². The fourth-order valence-corrected chi connectivity index (χ4v) is 3.04. The number of hydrogen-bond donors (Lipinski definition) is 2. The van der Waals surface area contributed by atoms with Crippen molar-refractivity contribution < 1.29 is 19.1 Å². The van der Waals surface area contributed by atoms with Gasteiger partial charge in [-0.1, -0.05) is 30.3 Å². The third-order valence-corrected chi connectivity index (χ3v) is 4.32. The molecule has 0 aliphatic heterocycles. The smallest absolute Gasteiger partial charge is 0.251 e. The summed E-state index contributed by atoms with van der Waals surface area (Å²) in [5.41, 5.74) is 3.30. The van der Waals surface area contributed by atoms with Crippen LogP contribution < -0.4 is 5.32 Å². The van der Waals surface area contributed by atoms with Crippen molar-refractivity contribution in [2.45, 2.75) is 6.10 Å². The highest BCUT2D eigenvalue weighted by atomic mass is 16.4. The number of furan rings is 1. The second-order valence-corrected chi connectivity index (χ2v) is 5.88. The van der Waals surface area contributed by atoms with Gasteiger partial charge in [0, 0.05) is 16.7 Å². The maximum Gasteiger partial charge on any atom is 0.251 e. The fraction of sp³-hybridized carbons (Fsp3) is 0.100. The van der Waals surface area contributed by atoms with E-state index in [0.717, 1.165) is 11.1 Å². The summed E-state index contributed by atoms with van der Waals surface area (Å²) >= 11 is 0. The molecule has 1 aliphatic carbocycles. The molecule has 2 aromatic carbocycles. The number of rotatable bonds is 4. The summed E-state index contributed by atoms with van der Waals surface area (Å²) in [6.45, 7) is 0.0254. The molecule has 1 amide bonds. The van der Waals surface area contributed by atoms with E-state index in [1.807, 2.05) is 18.2 Å². The zero-order valence-electron chi connectivity index (χ0n) is 13.2. The van der Waals surface area contributed by atoms with Gasteiger partial charge in [-0.15, -0.1) is 0 Å². The molecule has 1 aromatic heterocycles. The molecule has 2 N–H and O–H groups in total. The number of amides is 1. The van der Waals surface area contributed by atoms with E-state index >= 15 is 0 Å². The summed E-state index contributed by atoms with van der Waals surface area (Å²) in [6.07, 6.45) is 0.545. The summed E-state index contributed by atoms with van der Waals surface area (Å²) in [5.74, 6) is -0.0343. The van der Waals surface area contributed by atoms with Crippen LogP contribution in [0.4, 0.5) is 0 Å². The Kier molecular flexibility index (Phi) is 3.71. The zero-order valence-corrected chi connectivity index (χ0v) is 13.2. The second kappa shape index (κ2) is 6.03. The number of hydrogen-bond acceptors (Lipinski definition) is 4. The topological polar surface area (TPSA) is 79.5 Å². The van der Waals surface area contributed by atoms with Crippen LogP contribution in [0.1, 0.15) is 38.1 Å². The van der Waals surface area contributed by atoms with Crippen LogP contribution in [-0.2, 0) is 0 Å². The lowest BCUT2D eigenvalue weighted by atomic mass is 10.0. The van der Waals surface area contributed by atoms with Crippen LogP contribution in [0.15, 0.2) is 65.3 Å². The van der Waals surface area contributed by atoms with E-state index in [4.69, 9.17) is 4.42 Å². The van der Waals surface area contributed by atoms with Crippen LogP contribution in [0, 0.1) is 0 Å². The SMILES string of the molecule is O=C(NCC(O)c1ccco1)c1ccc2c(c1)C(=O)c1ccccc1-2. The number of carbonyl (C=O) groups is 2. The van der Waals surface area contributed by atoms with Crippen molar-refractivity contribution in [3.8, 4) is 11.1 Å². The highest BCUT2D eigenvalue weighted by molar-refractivity contribution is 6.22. The highest BCUT2D eigenvalue weighted by Crippen LogP contribution is 2.36. The molecule has 25 heavy (non-hydrogen) atoms. The van der Waals surface area contributed by atoms with E-state index in [-0.39, 0.29) is 18.2 Å². The van der Waals surface area contributed by atoms with Gasteiger partial charge in [0.15, 0.2) is 5.78 Å². The van der Waals surface area contributed by atoms with Crippen molar-refractivity contribution in [2.75, 3.05) is 6.54 Å². The number of nitrogens with one attached hydrogen (secondary N) is 1. The van der Waals surface area contributed by atoms with E-state index in [2.05, 4.69) is 5.32 Å². The molecule has 1 aliphatic rings. The minimum Gasteiger partial charge on any atom is -0.467 e. The first-order valence-electron chi connectivity index (χ1n) is 7.93. The van der Waals surface area contributed by atoms with Crippen molar-refractivity contribution in [1.82, 2.24) is 5.32 Å². The maximum atomic E-state index is 12.5. The molecule has 0 saturated heterocycles. The summed E-state index contributed by atoms with van der Waals surface area (Å²) in [6, 6.07) is 15.8. The van der Waals surface area contributed by atoms with Gasteiger partial charge in [-0.05, 0) is 35.4 Å². The fourth-order valence-electron chi connectivity index (χ4n) is 3.04. The standard InChI is InChI=1S/C20H15NO4/c22-17(18-6-3-9-25-18)11-21-20(24)12-7-8-14-13-4-1-2-5-15(13)19(23)16(14)10-12/h1-10,17,22H,11H2,(H,21,24). The van der Waals surface area contributed by atoms with Crippen LogP contribution in [0.5, 0.6) is 0 Å². The third-order valence-electron chi connectivity index (χ3n) is 4.32. The van der Waals surface area contributed by atoms with Crippen LogP contribution in [0.25, 0.3) is 11.1 Å². The van der Waals surface area contributed by atoms with Gasteiger partial charge in [-0.25, -0.2) is 0 Å². The molecular weight excluding hydrogens is 318 g/mol. The van der Waals surface area contributed by atoms with Crippen molar-refractivity contribution in [3.63, 3.8) is 0 Å². The predicted octanol–water partition coefficient (Wildman–Crippen LogP) is 2.95. The molecule has 0 saturated carbocycles. The van der Waals surface area contributed by atoms with Crippen LogP contribution in [0.2, 0.25) is 0 Å². The number of fused-ring (bicyclic) bond motifs is 3. The molecule has 124 valence electrons. The molecule has 4 rings (SSSR count). The van der Waals surface area contributed by atoms with E-state index in [0.29, 0.717) is 22.5 Å². The Morgan fingerprint density at radius 1 is 1.00 bits per heavy atom. The predicted molar refractivity (Wildman–Crippen MR) is 91.3 cm³/mol. The highest BCUT2D eigenvalue weighted by Gasteiger charge is 2.27. The van der Waals surface area contributed by atoms with Crippen LogP contribution in [-0.4, -0.2) is 23.3 Å². The quantitative estimate of drug-likeness (QED) is 0.602. The van der Waals surface area contributed by atoms with Crippen molar-refractivity contribution in [1.29, 1.82) is 0 Å². The lowest BCUT2D eigenvalue weighted by Gasteiger charge is -2.10. The van der Waals surface area contributed by atoms with E-state index < -0.39 is 6.10 Å². The molecule has 3 aromatic rings. The first kappa shape index (κ1) is 15.4. The Morgan fingerprint density at radius 3 is 2.52 bits per heavy atom. The largest absolute Gasteiger partial charge is 0.467 e. The minimum atomic E-state index is -0.917. The van der Waals surface area contributed by atoms with Gasteiger partial charge in [0.2, 0.25) is 0 Å². The molecule has 0 bridgehead atoms. The van der Waals surface area contributed by atoms with Crippen molar-refractivity contribution >= 4 is 11.7 Å². The molecule has 0 spiro atoms. The lowest BCUT2D eigenvalue weighted by molar-refractivity contribution is 0.0901. The molecule has 1 unspecified atom stereocenters. The molecule has 0 radical (unpaired) electrons. The first-order chi connectivity index (χ1) is 12.1. The molecule has 1 heterocycles. The minimum absolute atomic E-state index is 0.0254. The maximum absolute atomic E-state index is 12.5. The molecule has 0 fully saturated rings. The van der Waals surface area contributed by atoms with Gasteiger partial charge in [-0.3, -0.25) is 9.59 Å². The van der Waals surface area contributed by atoms with Gasteiger partial charge in [0.1, 0.15) is 11.9 Å². The third kappa shape index (κ3) is 2.64. The number of benzene rings is 2. The summed E-state index contributed by atoms with van der Waals surface area (Å²) in [4.78, 5) is 24.8. The number of carbonyl (C=O) groups excluding carboxylic acids is 2. The first-order valence-corrected chi connectivity index (χ1v) is 7.93. The summed E-state index contributed by atoms with van der Waals surface area (Å²) < 4.78 is 5.10. The van der Waals surface area contributed by atoms with Crippen molar-refractivity contribution in [2.24, 2.45) is 0 Å². The Balaban J connectivity index is 1.53. The Hall–Kier alpha value is -3.18. The molecular formula is C20H15NO4. The summed E-state index contributed by atoms with van der Waals surface area (Å²) in [5, 5.41) is 12.6. The van der Waals surface area contributed by atoms with Gasteiger partial charge in [0.25, 0.3) is 5.91 Å².